The van der Waals surface area contributed by atoms with Gasteiger partial charge in [0.15, 0.2) is 0 Å². The molecule has 4 nitrogen and oxygen atoms in total. The van der Waals surface area contributed by atoms with E-state index >= 15 is 0 Å². The fourth-order valence-corrected chi connectivity index (χ4v) is 3.50. The molecule has 1 aromatic heterocycles. The number of piperidine rings is 1. The third kappa shape index (κ3) is 4.47. The molecule has 1 aliphatic rings. The van der Waals surface area contributed by atoms with Crippen molar-refractivity contribution in [2.75, 3.05) is 13.1 Å². The second-order valence-electron chi connectivity index (χ2n) is 6.91. The predicted octanol–water partition coefficient (Wildman–Crippen LogP) is 3.71. The van der Waals surface area contributed by atoms with Gasteiger partial charge < -0.3 is 9.47 Å². The summed E-state index contributed by atoms with van der Waals surface area (Å²) in [5, 5.41) is 0. The lowest BCUT2D eigenvalue weighted by Crippen LogP contribution is -2.39. The number of carbonyl (C=O) groups is 1. The van der Waals surface area contributed by atoms with Crippen molar-refractivity contribution in [2.45, 2.75) is 45.1 Å². The Hall–Kier alpha value is -2.10. The van der Waals surface area contributed by atoms with Gasteiger partial charge in [-0.05, 0) is 44.1 Å². The van der Waals surface area contributed by atoms with Crippen molar-refractivity contribution in [3.8, 4) is 0 Å². The molecule has 2 aromatic rings. The van der Waals surface area contributed by atoms with E-state index in [0.29, 0.717) is 6.42 Å². The van der Waals surface area contributed by atoms with Gasteiger partial charge in [-0.1, -0.05) is 30.3 Å². The number of aryl methyl sites for hydroxylation is 1. The maximum atomic E-state index is 12.5. The van der Waals surface area contributed by atoms with Crippen molar-refractivity contribution < 1.29 is 4.79 Å². The zero-order valence-corrected chi connectivity index (χ0v) is 14.5. The number of carbonyl (C=O) groups excluding carboxylic acids is 1. The Labute approximate surface area is 144 Å². The summed E-state index contributed by atoms with van der Waals surface area (Å²) in [5.74, 6) is 1.03. The number of likely N-dealkylation sites (tertiary alicyclic amines) is 1. The van der Waals surface area contributed by atoms with Gasteiger partial charge in [-0.3, -0.25) is 4.79 Å². The van der Waals surface area contributed by atoms with Gasteiger partial charge in [0.05, 0.1) is 6.33 Å². The molecule has 1 aromatic carbocycles. The molecule has 128 valence electrons. The molecule has 1 aliphatic heterocycles. The number of aromatic nitrogens is 2. The zero-order valence-electron chi connectivity index (χ0n) is 14.5. The van der Waals surface area contributed by atoms with Crippen LogP contribution in [0.3, 0.4) is 0 Å². The van der Waals surface area contributed by atoms with Gasteiger partial charge in [-0.2, -0.15) is 0 Å². The molecule has 24 heavy (non-hydrogen) atoms. The second kappa shape index (κ2) is 8.13. The molecule has 3 rings (SSSR count). The Morgan fingerprint density at radius 2 is 2.00 bits per heavy atom. The van der Waals surface area contributed by atoms with Crippen molar-refractivity contribution in [1.29, 1.82) is 0 Å². The second-order valence-corrected chi connectivity index (χ2v) is 6.91. The van der Waals surface area contributed by atoms with Crippen LogP contribution in [0, 0.1) is 5.92 Å². The van der Waals surface area contributed by atoms with Gasteiger partial charge in [0.2, 0.25) is 5.91 Å². The molecule has 1 fully saturated rings. The smallest absolute Gasteiger partial charge is 0.224 e. The molecular formula is C20H27N3O. The summed E-state index contributed by atoms with van der Waals surface area (Å²) in [6.07, 6.45) is 10.7. The normalized spacial score (nSPS) is 17.0. The first-order valence-electron chi connectivity index (χ1n) is 9.01. The number of imidazole rings is 1. The van der Waals surface area contributed by atoms with Gasteiger partial charge in [0.25, 0.3) is 0 Å². The van der Waals surface area contributed by atoms with E-state index in [-0.39, 0.29) is 11.9 Å². The van der Waals surface area contributed by atoms with E-state index in [1.165, 1.54) is 12.0 Å². The highest BCUT2D eigenvalue weighted by Crippen LogP contribution is 2.24. The highest BCUT2D eigenvalue weighted by molar-refractivity contribution is 5.76. The fraction of sp³-hybridized carbons (Fsp3) is 0.500. The average Bonchev–Trinajstić information content (AvgIpc) is 3.16. The van der Waals surface area contributed by atoms with Crippen LogP contribution in [-0.2, 0) is 11.2 Å². The molecule has 0 radical (unpaired) electrons. The minimum atomic E-state index is 0.177. The molecule has 0 aliphatic carbocycles. The average molecular weight is 325 g/mol. The van der Waals surface area contributed by atoms with E-state index < -0.39 is 0 Å². The Morgan fingerprint density at radius 1 is 1.25 bits per heavy atom. The predicted molar refractivity (Wildman–Crippen MR) is 95.6 cm³/mol. The van der Waals surface area contributed by atoms with Crippen LogP contribution in [0.4, 0.5) is 0 Å². The molecule has 0 unspecified atom stereocenters. The summed E-state index contributed by atoms with van der Waals surface area (Å²) < 4.78 is 2.00. The minimum absolute atomic E-state index is 0.177. The molecule has 0 bridgehead atoms. The fourth-order valence-electron chi connectivity index (χ4n) is 3.50. The summed E-state index contributed by atoms with van der Waals surface area (Å²) in [5.41, 5.74) is 1.42. The van der Waals surface area contributed by atoms with Crippen LogP contribution in [0.5, 0.6) is 0 Å². The Kier molecular flexibility index (Phi) is 5.68. The number of benzene rings is 1. The van der Waals surface area contributed by atoms with E-state index in [0.717, 1.165) is 38.3 Å². The van der Waals surface area contributed by atoms with Crippen molar-refractivity contribution in [3.63, 3.8) is 0 Å². The van der Waals surface area contributed by atoms with Gasteiger partial charge >= 0.3 is 0 Å². The standard InChI is InChI=1S/C20H27N3O/c1-17(23-14-11-21-16-23)15-20(24)22-12-9-19(10-13-22)8-7-18-5-3-2-4-6-18/h2-6,11,14,16-17,19H,7-10,12-13,15H2,1H3/t17-/m1/s1. The van der Waals surface area contributed by atoms with Crippen molar-refractivity contribution in [1.82, 2.24) is 14.5 Å². The number of amides is 1. The molecule has 1 amide bonds. The first kappa shape index (κ1) is 16.7. The van der Waals surface area contributed by atoms with E-state index in [1.807, 2.05) is 15.7 Å². The number of hydrogen-bond acceptors (Lipinski definition) is 2. The van der Waals surface area contributed by atoms with Crippen LogP contribution in [0.25, 0.3) is 0 Å². The van der Waals surface area contributed by atoms with Gasteiger partial charge in [-0.25, -0.2) is 4.98 Å². The lowest BCUT2D eigenvalue weighted by Gasteiger charge is -2.33. The van der Waals surface area contributed by atoms with Crippen LogP contribution in [-0.4, -0.2) is 33.4 Å². The lowest BCUT2D eigenvalue weighted by atomic mass is 9.90. The Balaban J connectivity index is 1.40. The number of rotatable bonds is 6. The maximum Gasteiger partial charge on any atom is 0.224 e. The topological polar surface area (TPSA) is 38.1 Å². The maximum absolute atomic E-state index is 12.5. The van der Waals surface area contributed by atoms with Crippen LogP contribution in [0.15, 0.2) is 49.1 Å². The van der Waals surface area contributed by atoms with Crippen LogP contribution >= 0.6 is 0 Å². The Bertz CT molecular complexity index is 616. The third-order valence-electron chi connectivity index (χ3n) is 5.16. The number of hydrogen-bond donors (Lipinski definition) is 0. The summed E-state index contributed by atoms with van der Waals surface area (Å²) in [7, 11) is 0. The highest BCUT2D eigenvalue weighted by Gasteiger charge is 2.23. The van der Waals surface area contributed by atoms with Crippen LogP contribution < -0.4 is 0 Å². The largest absolute Gasteiger partial charge is 0.343 e. The van der Waals surface area contributed by atoms with Crippen LogP contribution in [0.1, 0.15) is 44.2 Å². The molecular weight excluding hydrogens is 298 g/mol. The van der Waals surface area contributed by atoms with Gasteiger partial charge in [0.1, 0.15) is 0 Å². The molecule has 1 atom stereocenters. The summed E-state index contributed by atoms with van der Waals surface area (Å²) >= 11 is 0. The summed E-state index contributed by atoms with van der Waals surface area (Å²) in [4.78, 5) is 18.6. The molecule has 1 saturated heterocycles. The van der Waals surface area contributed by atoms with E-state index in [4.69, 9.17) is 0 Å². The van der Waals surface area contributed by atoms with Crippen molar-refractivity contribution in [3.05, 3.63) is 54.6 Å². The van der Waals surface area contributed by atoms with Crippen molar-refractivity contribution >= 4 is 5.91 Å². The molecule has 0 N–H and O–H groups in total. The van der Waals surface area contributed by atoms with E-state index in [1.54, 1.807) is 12.5 Å². The molecule has 0 spiro atoms. The Morgan fingerprint density at radius 3 is 2.67 bits per heavy atom. The molecule has 2 heterocycles. The van der Waals surface area contributed by atoms with Gasteiger partial charge in [0, 0.05) is 37.9 Å². The zero-order chi connectivity index (χ0) is 16.8. The van der Waals surface area contributed by atoms with Gasteiger partial charge in [-0.15, -0.1) is 0 Å². The van der Waals surface area contributed by atoms with Crippen molar-refractivity contribution in [2.24, 2.45) is 5.92 Å². The van der Waals surface area contributed by atoms with E-state index in [9.17, 15) is 4.79 Å². The first-order chi connectivity index (χ1) is 11.7. The minimum Gasteiger partial charge on any atom is -0.343 e. The first-order valence-corrected chi connectivity index (χ1v) is 9.01. The SMILES string of the molecule is C[C@H](CC(=O)N1CCC(CCc2ccccc2)CC1)n1ccnc1. The quantitative estimate of drug-likeness (QED) is 0.812. The third-order valence-corrected chi connectivity index (χ3v) is 5.16. The lowest BCUT2D eigenvalue weighted by molar-refractivity contribution is -0.133. The van der Waals surface area contributed by atoms with E-state index in [2.05, 4.69) is 42.2 Å². The summed E-state index contributed by atoms with van der Waals surface area (Å²) in [6.45, 7) is 3.90. The summed E-state index contributed by atoms with van der Waals surface area (Å²) in [6, 6.07) is 10.9. The number of nitrogens with zero attached hydrogens (tertiary/aromatic N) is 3. The highest BCUT2D eigenvalue weighted by atomic mass is 16.2. The monoisotopic (exact) mass is 325 g/mol. The molecule has 0 saturated carbocycles. The van der Waals surface area contributed by atoms with Crippen LogP contribution in [0.2, 0.25) is 0 Å². The molecule has 4 heteroatoms.